The Bertz CT molecular complexity index is 789. The smallest absolute Gasteiger partial charge is 0.340 e. The lowest BCUT2D eigenvalue weighted by molar-refractivity contribution is 0.0527. The summed E-state index contributed by atoms with van der Waals surface area (Å²) in [7, 11) is -3.34. The van der Waals surface area contributed by atoms with Crippen LogP contribution in [0.5, 0.6) is 0 Å². The van der Waals surface area contributed by atoms with Gasteiger partial charge in [-0.1, -0.05) is 12.1 Å². The van der Waals surface area contributed by atoms with Crippen molar-refractivity contribution in [2.75, 3.05) is 22.9 Å². The van der Waals surface area contributed by atoms with E-state index >= 15 is 0 Å². The van der Waals surface area contributed by atoms with Gasteiger partial charge in [0.2, 0.25) is 10.0 Å². The molecule has 0 aliphatic heterocycles. The first-order valence-corrected chi connectivity index (χ1v) is 8.75. The molecule has 23 heavy (non-hydrogen) atoms. The molecule has 7 nitrogen and oxygen atoms in total. The molecule has 0 unspecified atom stereocenters. The average Bonchev–Trinajstić information content (AvgIpc) is 2.48. The van der Waals surface area contributed by atoms with Crippen molar-refractivity contribution in [2.24, 2.45) is 0 Å². The van der Waals surface area contributed by atoms with Crippen LogP contribution in [0.3, 0.4) is 0 Å². The van der Waals surface area contributed by atoms with Crippen LogP contribution in [0.1, 0.15) is 17.3 Å². The molecule has 0 fully saturated rings. The Labute approximate surface area is 134 Å². The third kappa shape index (κ3) is 4.96. The van der Waals surface area contributed by atoms with Crippen molar-refractivity contribution in [3.8, 4) is 0 Å². The molecule has 2 rings (SSSR count). The normalized spacial score (nSPS) is 10.9. The summed E-state index contributed by atoms with van der Waals surface area (Å²) in [6, 6.07) is 10.1. The summed E-state index contributed by atoms with van der Waals surface area (Å²) in [4.78, 5) is 16.0. The minimum atomic E-state index is -3.34. The second-order valence-electron chi connectivity index (χ2n) is 4.70. The Hall–Kier alpha value is -2.61. The number of benzene rings is 1. The Balaban J connectivity index is 2.18. The maximum absolute atomic E-state index is 11.9. The number of hydrogen-bond acceptors (Lipinski definition) is 6. The van der Waals surface area contributed by atoms with Crippen LogP contribution in [-0.4, -0.2) is 32.2 Å². The van der Waals surface area contributed by atoms with Gasteiger partial charge in [0.1, 0.15) is 5.82 Å². The van der Waals surface area contributed by atoms with Crippen LogP contribution in [0.4, 0.5) is 17.2 Å². The largest absolute Gasteiger partial charge is 0.462 e. The third-order valence-electron chi connectivity index (χ3n) is 2.75. The molecule has 1 aromatic carbocycles. The van der Waals surface area contributed by atoms with Crippen LogP contribution >= 0.6 is 0 Å². The number of rotatable bonds is 6. The number of carbonyl (C=O) groups excluding carboxylic acids is 1. The quantitative estimate of drug-likeness (QED) is 0.787. The van der Waals surface area contributed by atoms with E-state index in [4.69, 9.17) is 4.74 Å². The van der Waals surface area contributed by atoms with E-state index in [1.807, 2.05) is 0 Å². The second kappa shape index (κ2) is 7.10. The van der Waals surface area contributed by atoms with E-state index in [1.165, 1.54) is 6.20 Å². The molecule has 0 radical (unpaired) electrons. The van der Waals surface area contributed by atoms with Crippen LogP contribution in [0, 0.1) is 0 Å². The Morgan fingerprint density at radius 3 is 2.57 bits per heavy atom. The highest BCUT2D eigenvalue weighted by Crippen LogP contribution is 2.21. The molecule has 0 atom stereocenters. The molecular formula is C15H17N3O4S. The van der Waals surface area contributed by atoms with Gasteiger partial charge < -0.3 is 10.1 Å². The maximum Gasteiger partial charge on any atom is 0.340 e. The van der Waals surface area contributed by atoms with Gasteiger partial charge in [-0.25, -0.2) is 18.2 Å². The molecular weight excluding hydrogens is 318 g/mol. The zero-order valence-electron chi connectivity index (χ0n) is 12.7. The van der Waals surface area contributed by atoms with Crippen molar-refractivity contribution in [1.82, 2.24) is 4.98 Å². The first kappa shape index (κ1) is 16.8. The van der Waals surface area contributed by atoms with Gasteiger partial charge in [-0.2, -0.15) is 0 Å². The van der Waals surface area contributed by atoms with Crippen LogP contribution in [0.25, 0.3) is 0 Å². The van der Waals surface area contributed by atoms with Gasteiger partial charge in [-0.3, -0.25) is 4.72 Å². The number of aromatic nitrogens is 1. The van der Waals surface area contributed by atoms with Crippen molar-refractivity contribution in [3.63, 3.8) is 0 Å². The number of nitrogens with zero attached hydrogens (tertiary/aromatic N) is 1. The Morgan fingerprint density at radius 2 is 1.96 bits per heavy atom. The van der Waals surface area contributed by atoms with E-state index in [2.05, 4.69) is 15.0 Å². The van der Waals surface area contributed by atoms with Crippen molar-refractivity contribution in [3.05, 3.63) is 48.2 Å². The Morgan fingerprint density at radius 1 is 1.22 bits per heavy atom. The number of esters is 1. The lowest BCUT2D eigenvalue weighted by atomic mass is 10.2. The molecule has 1 heterocycles. The van der Waals surface area contributed by atoms with E-state index < -0.39 is 16.0 Å². The molecule has 2 N–H and O–H groups in total. The maximum atomic E-state index is 11.9. The predicted molar refractivity (Wildman–Crippen MR) is 88.4 cm³/mol. The van der Waals surface area contributed by atoms with Gasteiger partial charge in [0, 0.05) is 0 Å². The monoisotopic (exact) mass is 335 g/mol. The number of ether oxygens (including phenoxy) is 1. The van der Waals surface area contributed by atoms with Crippen LogP contribution < -0.4 is 10.0 Å². The van der Waals surface area contributed by atoms with Gasteiger partial charge in [-0.05, 0) is 31.2 Å². The zero-order valence-corrected chi connectivity index (χ0v) is 13.6. The molecule has 8 heteroatoms. The lowest BCUT2D eigenvalue weighted by Gasteiger charge is -2.11. The molecule has 0 saturated carbocycles. The summed E-state index contributed by atoms with van der Waals surface area (Å²) in [5, 5.41) is 3.01. The van der Waals surface area contributed by atoms with Gasteiger partial charge in [-0.15, -0.1) is 0 Å². The summed E-state index contributed by atoms with van der Waals surface area (Å²) >= 11 is 0. The zero-order chi connectivity index (χ0) is 16.9. The highest BCUT2D eigenvalue weighted by atomic mass is 32.2. The number of anilines is 3. The predicted octanol–water partition coefficient (Wildman–Crippen LogP) is 2.37. The highest BCUT2D eigenvalue weighted by molar-refractivity contribution is 7.92. The summed E-state index contributed by atoms with van der Waals surface area (Å²) in [5.41, 5.74) is 1.31. The topological polar surface area (TPSA) is 97.4 Å². The fraction of sp³-hybridized carbons (Fsp3) is 0.200. The Kier molecular flexibility index (Phi) is 5.17. The van der Waals surface area contributed by atoms with E-state index in [0.717, 1.165) is 6.26 Å². The van der Waals surface area contributed by atoms with Crippen molar-refractivity contribution >= 4 is 33.2 Å². The third-order valence-corrected chi connectivity index (χ3v) is 3.36. The van der Waals surface area contributed by atoms with E-state index in [0.29, 0.717) is 22.8 Å². The van der Waals surface area contributed by atoms with Crippen molar-refractivity contribution < 1.29 is 17.9 Å². The molecule has 0 aliphatic carbocycles. The van der Waals surface area contributed by atoms with E-state index in [9.17, 15) is 13.2 Å². The molecule has 0 saturated heterocycles. The summed E-state index contributed by atoms with van der Waals surface area (Å²) in [6.07, 6.45) is 2.45. The standard InChI is InChI=1S/C15H17N3O4S/c1-3-22-15(19)12-6-4-5-7-13(12)17-14-9-8-11(10-16-14)18-23(2,20)21/h4-10,18H,3H2,1-2H3,(H,16,17). The van der Waals surface area contributed by atoms with Crippen LogP contribution in [0.2, 0.25) is 0 Å². The van der Waals surface area contributed by atoms with Crippen molar-refractivity contribution in [1.29, 1.82) is 0 Å². The number of nitrogens with one attached hydrogen (secondary N) is 2. The molecule has 1 aromatic heterocycles. The number of sulfonamides is 1. The summed E-state index contributed by atoms with van der Waals surface area (Å²) < 4.78 is 29.6. The van der Waals surface area contributed by atoms with E-state index in [-0.39, 0.29) is 6.61 Å². The fourth-order valence-corrected chi connectivity index (χ4v) is 2.41. The molecule has 0 aliphatic rings. The molecule has 0 spiro atoms. The molecule has 122 valence electrons. The number of pyridine rings is 1. The molecule has 2 aromatic rings. The number of carbonyl (C=O) groups is 1. The second-order valence-corrected chi connectivity index (χ2v) is 6.45. The summed E-state index contributed by atoms with van der Waals surface area (Å²) in [6.45, 7) is 2.03. The number of para-hydroxylation sites is 1. The first-order valence-electron chi connectivity index (χ1n) is 6.86. The minimum Gasteiger partial charge on any atom is -0.462 e. The number of hydrogen-bond donors (Lipinski definition) is 2. The van der Waals surface area contributed by atoms with Crippen LogP contribution in [0.15, 0.2) is 42.6 Å². The SMILES string of the molecule is CCOC(=O)c1ccccc1Nc1ccc(NS(C)(=O)=O)cn1. The van der Waals surface area contributed by atoms with Gasteiger partial charge >= 0.3 is 5.97 Å². The van der Waals surface area contributed by atoms with Crippen molar-refractivity contribution in [2.45, 2.75) is 6.92 Å². The average molecular weight is 335 g/mol. The van der Waals surface area contributed by atoms with Gasteiger partial charge in [0.15, 0.2) is 0 Å². The van der Waals surface area contributed by atoms with Crippen LogP contribution in [-0.2, 0) is 14.8 Å². The molecule has 0 amide bonds. The minimum absolute atomic E-state index is 0.289. The molecule has 0 bridgehead atoms. The first-order chi connectivity index (χ1) is 10.9. The van der Waals surface area contributed by atoms with Gasteiger partial charge in [0.25, 0.3) is 0 Å². The van der Waals surface area contributed by atoms with Gasteiger partial charge in [0.05, 0.1) is 36.0 Å². The highest BCUT2D eigenvalue weighted by Gasteiger charge is 2.12. The summed E-state index contributed by atoms with van der Waals surface area (Å²) in [5.74, 6) is 0.0479. The van der Waals surface area contributed by atoms with E-state index in [1.54, 1.807) is 43.3 Å². The lowest BCUT2D eigenvalue weighted by Crippen LogP contribution is -2.10. The fourth-order valence-electron chi connectivity index (χ4n) is 1.86.